The van der Waals surface area contributed by atoms with Gasteiger partial charge in [-0.3, -0.25) is 4.79 Å². The number of carbonyl (C=O) groups is 2. The molecule has 0 radical (unpaired) electrons. The molecule has 3 aromatic rings. The predicted octanol–water partition coefficient (Wildman–Crippen LogP) is 4.26. The number of benzene rings is 3. The molecule has 0 saturated carbocycles. The maximum atomic E-state index is 11.5. The first-order valence-corrected chi connectivity index (χ1v) is 9.34. The smallest absolute Gasteiger partial charge is 0.335 e. The average molecular weight is 406 g/mol. The number of aliphatic hydroxyl groups excluding tert-OH is 1. The monoisotopic (exact) mass is 406 g/mol. The van der Waals surface area contributed by atoms with Crippen molar-refractivity contribution in [3.63, 3.8) is 0 Å². The Morgan fingerprint density at radius 3 is 2.33 bits per heavy atom. The van der Waals surface area contributed by atoms with Crippen LogP contribution < -0.4 is 4.74 Å². The number of carbonyl (C=O) groups excluding carboxylic acids is 1. The molecule has 1 unspecified atom stereocenters. The standard InChI is InChI=1S/C24H22O6/c1-14-21(10-9-20(15(2)25)22(14)26)30-13-16-5-3-6-17(11-16)23(27)18-7-4-8-19(12-18)24(28)29/h3-12,23,26-27H,13H2,1-2H3,(H,28,29). The molecule has 0 bridgehead atoms. The van der Waals surface area contributed by atoms with Gasteiger partial charge in [0.2, 0.25) is 0 Å². The zero-order chi connectivity index (χ0) is 21.8. The molecule has 6 heteroatoms. The summed E-state index contributed by atoms with van der Waals surface area (Å²) in [5, 5.41) is 30.0. The molecule has 0 aliphatic heterocycles. The molecule has 30 heavy (non-hydrogen) atoms. The molecule has 0 aromatic heterocycles. The lowest BCUT2D eigenvalue weighted by Crippen LogP contribution is -2.04. The van der Waals surface area contributed by atoms with Gasteiger partial charge >= 0.3 is 5.97 Å². The molecule has 0 heterocycles. The summed E-state index contributed by atoms with van der Waals surface area (Å²) in [6, 6.07) is 16.5. The summed E-state index contributed by atoms with van der Waals surface area (Å²) >= 11 is 0. The van der Waals surface area contributed by atoms with E-state index in [4.69, 9.17) is 9.84 Å². The number of aromatic carboxylic acids is 1. The maximum Gasteiger partial charge on any atom is 0.335 e. The van der Waals surface area contributed by atoms with Gasteiger partial charge in [0.05, 0.1) is 11.1 Å². The van der Waals surface area contributed by atoms with Gasteiger partial charge in [-0.15, -0.1) is 0 Å². The summed E-state index contributed by atoms with van der Waals surface area (Å²) < 4.78 is 5.80. The van der Waals surface area contributed by atoms with Crippen LogP contribution >= 0.6 is 0 Å². The minimum absolute atomic E-state index is 0.0949. The van der Waals surface area contributed by atoms with Crippen LogP contribution in [-0.2, 0) is 6.61 Å². The molecule has 0 fully saturated rings. The first-order chi connectivity index (χ1) is 14.3. The van der Waals surface area contributed by atoms with E-state index in [-0.39, 0.29) is 29.3 Å². The number of carboxylic acid groups (broad SMARTS) is 1. The van der Waals surface area contributed by atoms with E-state index in [1.807, 2.05) is 6.07 Å². The van der Waals surface area contributed by atoms with E-state index in [0.717, 1.165) is 5.56 Å². The van der Waals surface area contributed by atoms with E-state index >= 15 is 0 Å². The number of aliphatic hydroxyl groups is 1. The summed E-state index contributed by atoms with van der Waals surface area (Å²) in [5.74, 6) is -0.920. The highest BCUT2D eigenvalue weighted by atomic mass is 16.5. The highest BCUT2D eigenvalue weighted by Gasteiger charge is 2.15. The van der Waals surface area contributed by atoms with Crippen molar-refractivity contribution in [1.29, 1.82) is 0 Å². The maximum absolute atomic E-state index is 11.5. The Morgan fingerprint density at radius 1 is 1.00 bits per heavy atom. The molecule has 0 aliphatic rings. The summed E-state index contributed by atoms with van der Waals surface area (Å²) in [6.45, 7) is 3.25. The highest BCUT2D eigenvalue weighted by molar-refractivity contribution is 5.97. The van der Waals surface area contributed by atoms with Crippen molar-refractivity contribution in [2.45, 2.75) is 26.6 Å². The van der Waals surface area contributed by atoms with E-state index in [2.05, 4.69) is 0 Å². The van der Waals surface area contributed by atoms with E-state index in [0.29, 0.717) is 22.4 Å². The Bertz CT molecular complexity index is 1100. The van der Waals surface area contributed by atoms with Crippen molar-refractivity contribution in [2.24, 2.45) is 0 Å². The number of aromatic hydroxyl groups is 1. The highest BCUT2D eigenvalue weighted by Crippen LogP contribution is 2.31. The Labute approximate surface area is 174 Å². The quantitative estimate of drug-likeness (QED) is 0.507. The Hall–Kier alpha value is -3.64. The molecule has 1 atom stereocenters. The van der Waals surface area contributed by atoms with Crippen molar-refractivity contribution < 1.29 is 29.6 Å². The van der Waals surface area contributed by atoms with Gasteiger partial charge in [-0.25, -0.2) is 4.79 Å². The summed E-state index contributed by atoms with van der Waals surface area (Å²) in [7, 11) is 0. The molecule has 0 saturated heterocycles. The van der Waals surface area contributed by atoms with Gasteiger partial charge in [0, 0.05) is 5.56 Å². The second-order valence-corrected chi connectivity index (χ2v) is 7.01. The van der Waals surface area contributed by atoms with Crippen molar-refractivity contribution in [2.75, 3.05) is 0 Å². The molecule has 0 aliphatic carbocycles. The van der Waals surface area contributed by atoms with Crippen molar-refractivity contribution in [1.82, 2.24) is 0 Å². The van der Waals surface area contributed by atoms with Crippen LogP contribution in [0.25, 0.3) is 0 Å². The molecule has 3 rings (SSSR count). The fraction of sp³-hybridized carbons (Fsp3) is 0.167. The number of carboxylic acids is 1. The van der Waals surface area contributed by atoms with Crippen LogP contribution in [0.3, 0.4) is 0 Å². The van der Waals surface area contributed by atoms with E-state index in [9.17, 15) is 19.8 Å². The molecule has 0 amide bonds. The van der Waals surface area contributed by atoms with E-state index in [1.54, 1.807) is 43.3 Å². The van der Waals surface area contributed by atoms with Gasteiger partial charge in [-0.2, -0.15) is 0 Å². The Kier molecular flexibility index (Phi) is 6.18. The minimum Gasteiger partial charge on any atom is -0.507 e. The van der Waals surface area contributed by atoms with E-state index < -0.39 is 12.1 Å². The number of Topliss-reactive ketones (excluding diaryl/α,β-unsaturated/α-hetero) is 1. The van der Waals surface area contributed by atoms with Crippen LogP contribution in [0, 0.1) is 6.92 Å². The summed E-state index contributed by atoms with van der Waals surface area (Å²) in [5.41, 5.74) is 2.70. The van der Waals surface area contributed by atoms with Gasteiger partial charge in [0.1, 0.15) is 24.2 Å². The van der Waals surface area contributed by atoms with Crippen molar-refractivity contribution >= 4 is 11.8 Å². The molecular weight excluding hydrogens is 384 g/mol. The molecule has 154 valence electrons. The number of ether oxygens (including phenoxy) is 1. The lowest BCUT2D eigenvalue weighted by molar-refractivity contribution is 0.0696. The third-order valence-electron chi connectivity index (χ3n) is 4.87. The van der Waals surface area contributed by atoms with Gasteiger partial charge in [-0.05, 0) is 60.9 Å². The fourth-order valence-electron chi connectivity index (χ4n) is 3.17. The largest absolute Gasteiger partial charge is 0.507 e. The normalized spacial score (nSPS) is 11.7. The molecule has 3 aromatic carbocycles. The number of ketones is 1. The topological polar surface area (TPSA) is 104 Å². The zero-order valence-electron chi connectivity index (χ0n) is 16.6. The predicted molar refractivity (Wildman–Crippen MR) is 111 cm³/mol. The number of hydrogen-bond acceptors (Lipinski definition) is 5. The molecule has 3 N–H and O–H groups in total. The number of rotatable bonds is 7. The van der Waals surface area contributed by atoms with Crippen LogP contribution in [0.4, 0.5) is 0 Å². The van der Waals surface area contributed by atoms with Gasteiger partial charge in [-0.1, -0.05) is 30.3 Å². The average Bonchev–Trinajstić information content (AvgIpc) is 2.74. The van der Waals surface area contributed by atoms with Crippen molar-refractivity contribution in [3.05, 3.63) is 94.0 Å². The Morgan fingerprint density at radius 2 is 1.67 bits per heavy atom. The number of hydrogen-bond donors (Lipinski definition) is 3. The SMILES string of the molecule is CC(=O)c1ccc(OCc2cccc(C(O)c3cccc(C(=O)O)c3)c2)c(C)c1O. The summed E-state index contributed by atoms with van der Waals surface area (Å²) in [4.78, 5) is 22.7. The zero-order valence-corrected chi connectivity index (χ0v) is 16.6. The summed E-state index contributed by atoms with van der Waals surface area (Å²) in [6.07, 6.45) is -0.982. The number of phenols is 1. The minimum atomic E-state index is -1.05. The van der Waals surface area contributed by atoms with Crippen LogP contribution in [-0.4, -0.2) is 27.1 Å². The van der Waals surface area contributed by atoms with Crippen LogP contribution in [0.1, 0.15) is 56.0 Å². The molecular formula is C24H22O6. The molecule has 6 nitrogen and oxygen atoms in total. The van der Waals surface area contributed by atoms with Gasteiger partial charge in [0.25, 0.3) is 0 Å². The third kappa shape index (κ3) is 4.50. The van der Waals surface area contributed by atoms with E-state index in [1.165, 1.54) is 25.1 Å². The second-order valence-electron chi connectivity index (χ2n) is 7.01. The Balaban J connectivity index is 1.78. The first-order valence-electron chi connectivity index (χ1n) is 9.34. The first kappa shape index (κ1) is 21.1. The van der Waals surface area contributed by atoms with Crippen LogP contribution in [0.5, 0.6) is 11.5 Å². The molecule has 0 spiro atoms. The second kappa shape index (κ2) is 8.80. The lowest BCUT2D eigenvalue weighted by Gasteiger charge is -2.15. The van der Waals surface area contributed by atoms with Crippen LogP contribution in [0.2, 0.25) is 0 Å². The fourth-order valence-corrected chi connectivity index (χ4v) is 3.17. The van der Waals surface area contributed by atoms with Gasteiger partial charge in [0.15, 0.2) is 5.78 Å². The lowest BCUT2D eigenvalue weighted by atomic mass is 9.98. The van der Waals surface area contributed by atoms with Crippen molar-refractivity contribution in [3.8, 4) is 11.5 Å². The number of phenolic OH excluding ortho intramolecular Hbond substituents is 1. The van der Waals surface area contributed by atoms with Gasteiger partial charge < -0.3 is 20.1 Å². The third-order valence-corrected chi connectivity index (χ3v) is 4.87. The van der Waals surface area contributed by atoms with Crippen LogP contribution in [0.15, 0.2) is 60.7 Å².